The number of hydrogen-bond donors (Lipinski definition) is 6. The summed E-state index contributed by atoms with van der Waals surface area (Å²) in [6.07, 6.45) is -0.118. The number of nitrogens with two attached hydrogens (primary N) is 1. The quantitative estimate of drug-likeness (QED) is 0.156. The number of carboxylic acids is 1. The van der Waals surface area contributed by atoms with Gasteiger partial charge in [-0.1, -0.05) is 0 Å². The number of aliphatic carboxylic acids is 1. The summed E-state index contributed by atoms with van der Waals surface area (Å²) in [6, 6.07) is 0. The molecule has 0 aliphatic heterocycles. The standard InChI is InChI=1S/C4H13NO7P2.C4H9NO2.Na.3H2O/c5-3-1-2-4(6,13(7,8)9)14(10,11)12;5-3-1-2-4(6)7;;;;/h6H,1-3,5H2,(H2,7,8,9)(H2,10,11,12);1-3,5H2,(H,6,7);;3*1H2/q;;+1;;;/p-1. The maximum Gasteiger partial charge on any atom is 1.00 e. The third-order valence-corrected chi connectivity index (χ3v) is 6.04. The van der Waals surface area contributed by atoms with E-state index in [0.717, 1.165) is 0 Å². The van der Waals surface area contributed by atoms with Crippen LogP contribution >= 0.6 is 15.2 Å². The van der Waals surface area contributed by atoms with Crippen LogP contribution < -0.4 is 50.8 Å². The zero-order valence-electron chi connectivity index (χ0n) is 13.8. The monoisotopic (exact) mass is 428 g/mol. The Morgan fingerprint density at radius 1 is 1.08 bits per heavy atom. The van der Waals surface area contributed by atoms with Crippen molar-refractivity contribution in [1.29, 1.82) is 0 Å². The van der Waals surface area contributed by atoms with Crippen molar-refractivity contribution in [1.82, 2.24) is 0 Å². The zero-order chi connectivity index (χ0) is 17.3. The molecule has 0 aliphatic carbocycles. The number of carbonyl (C=O) groups is 1. The summed E-state index contributed by atoms with van der Waals surface area (Å²) in [6.45, 7) is 0.620. The minimum Gasteiger partial charge on any atom is -0.776 e. The van der Waals surface area contributed by atoms with Crippen molar-refractivity contribution in [3.8, 4) is 0 Å². The molecule has 0 aliphatic rings. The van der Waals surface area contributed by atoms with Crippen LogP contribution in [0.2, 0.25) is 0 Å². The molecule has 0 aromatic carbocycles. The van der Waals surface area contributed by atoms with E-state index in [1.807, 2.05) is 0 Å². The molecule has 0 rings (SSSR count). The molecule has 15 N–H and O–H groups in total. The molecule has 2 atom stereocenters. The Labute approximate surface area is 166 Å². The maximum atomic E-state index is 10.6. The topological polar surface area (TPSA) is 326 Å². The van der Waals surface area contributed by atoms with Gasteiger partial charge in [-0.2, -0.15) is 0 Å². The second-order valence-electron chi connectivity index (χ2n) is 4.06. The number of aliphatic hydroxyl groups is 1. The molecule has 0 aromatic rings. The van der Waals surface area contributed by atoms with Gasteiger partial charge in [-0.25, -0.2) is 0 Å². The van der Waals surface area contributed by atoms with E-state index in [4.69, 9.17) is 25.7 Å². The number of quaternary nitrogens is 1. The van der Waals surface area contributed by atoms with Crippen molar-refractivity contribution in [3.05, 3.63) is 0 Å². The third kappa shape index (κ3) is 16.4. The minimum absolute atomic E-state index is 0. The first kappa shape index (κ1) is 40.3. The summed E-state index contributed by atoms with van der Waals surface area (Å²) in [5.74, 6) is -0.773. The van der Waals surface area contributed by atoms with Gasteiger partial charge in [0.25, 0.3) is 0 Å². The van der Waals surface area contributed by atoms with E-state index in [1.54, 1.807) is 0 Å². The Morgan fingerprint density at radius 2 is 1.44 bits per heavy atom. The van der Waals surface area contributed by atoms with E-state index in [0.29, 0.717) is 13.0 Å². The molecule has 0 bridgehead atoms. The van der Waals surface area contributed by atoms with Crippen molar-refractivity contribution in [2.24, 2.45) is 5.73 Å². The molecule has 17 heteroatoms. The molecule has 25 heavy (non-hydrogen) atoms. The van der Waals surface area contributed by atoms with E-state index in [9.17, 15) is 23.7 Å². The molecule has 0 radical (unpaired) electrons. The van der Waals surface area contributed by atoms with Gasteiger partial charge in [-0.05, 0) is 19.4 Å². The summed E-state index contributed by atoms with van der Waals surface area (Å²) in [5, 5.41) is 13.6. The average molecular weight is 428 g/mol. The molecule has 0 fully saturated rings. The molecule has 14 nitrogen and oxygen atoms in total. The van der Waals surface area contributed by atoms with Crippen LogP contribution in [0.5, 0.6) is 0 Å². The van der Waals surface area contributed by atoms with E-state index < -0.39 is 32.7 Å². The van der Waals surface area contributed by atoms with Crippen LogP contribution in [-0.2, 0) is 13.9 Å². The number of hydrogen-bond acceptors (Lipinski definition) is 7. The Balaban J connectivity index is -0.0000000720. The van der Waals surface area contributed by atoms with Gasteiger partial charge < -0.3 is 66.8 Å². The molecule has 152 valence electrons. The van der Waals surface area contributed by atoms with E-state index >= 15 is 0 Å². The van der Waals surface area contributed by atoms with Crippen molar-refractivity contribution < 1.29 is 95.4 Å². The van der Waals surface area contributed by atoms with E-state index in [-0.39, 0.29) is 65.4 Å². The maximum absolute atomic E-state index is 10.6. The van der Waals surface area contributed by atoms with Gasteiger partial charge in [0, 0.05) is 12.8 Å². The molecule has 0 saturated heterocycles. The smallest absolute Gasteiger partial charge is 0.776 e. The number of carboxylic acid groups (broad SMARTS) is 1. The fourth-order valence-electron chi connectivity index (χ4n) is 1.06. The van der Waals surface area contributed by atoms with Crippen molar-refractivity contribution in [2.75, 3.05) is 13.1 Å². The van der Waals surface area contributed by atoms with Crippen LogP contribution in [0.3, 0.4) is 0 Å². The molecular formula is C8H27N2NaO12P2. The Hall–Kier alpha value is 0.530. The SMILES string of the molecule is NCCCC(=O)O.O.O.O.[NH3+]CCCC(O)(P(=O)([O-])O)P(=O)([O-])O.[Na+]. The summed E-state index contributed by atoms with van der Waals surface area (Å²) in [5.41, 5.74) is 8.31. The van der Waals surface area contributed by atoms with E-state index in [1.165, 1.54) is 0 Å². The molecule has 0 heterocycles. The summed E-state index contributed by atoms with van der Waals surface area (Å²) in [7, 11) is -11.2. The van der Waals surface area contributed by atoms with Crippen LogP contribution in [0.25, 0.3) is 0 Å². The van der Waals surface area contributed by atoms with Crippen LogP contribution in [0, 0.1) is 0 Å². The van der Waals surface area contributed by atoms with Crippen molar-refractivity contribution >= 4 is 21.2 Å². The third-order valence-electron chi connectivity index (χ3n) is 2.26. The molecule has 0 saturated carbocycles. The zero-order valence-corrected chi connectivity index (χ0v) is 17.5. The fraction of sp³-hybridized carbons (Fsp3) is 0.875. The predicted octanol–water partition coefficient (Wildman–Crippen LogP) is -8.91. The van der Waals surface area contributed by atoms with Gasteiger partial charge in [0.1, 0.15) is 0 Å². The van der Waals surface area contributed by atoms with Gasteiger partial charge in [-0.3, -0.25) is 4.79 Å². The predicted molar refractivity (Wildman–Crippen MR) is 78.4 cm³/mol. The summed E-state index contributed by atoms with van der Waals surface area (Å²) < 4.78 is 21.2. The van der Waals surface area contributed by atoms with Crippen LogP contribution in [0.4, 0.5) is 0 Å². The minimum atomic E-state index is -5.59. The van der Waals surface area contributed by atoms with E-state index in [2.05, 4.69) is 5.73 Å². The average Bonchev–Trinajstić information content (AvgIpc) is 2.31. The molecule has 0 aromatic heterocycles. The van der Waals surface area contributed by atoms with Gasteiger partial charge in [0.05, 0.1) is 6.54 Å². The van der Waals surface area contributed by atoms with Crippen molar-refractivity contribution in [3.63, 3.8) is 0 Å². The first-order valence-corrected chi connectivity index (χ1v) is 9.00. The van der Waals surface area contributed by atoms with Crippen LogP contribution in [-0.4, -0.2) is 60.6 Å². The molecule has 0 amide bonds. The first-order chi connectivity index (χ1) is 9.33. The normalized spacial score (nSPS) is 16.3. The summed E-state index contributed by atoms with van der Waals surface area (Å²) >= 11 is 0. The van der Waals surface area contributed by atoms with Gasteiger partial charge in [0.15, 0.2) is 20.3 Å². The second kappa shape index (κ2) is 17.9. The van der Waals surface area contributed by atoms with Gasteiger partial charge in [-0.15, -0.1) is 0 Å². The first-order valence-electron chi connectivity index (χ1n) is 5.84. The van der Waals surface area contributed by atoms with Crippen molar-refractivity contribution in [2.45, 2.75) is 30.8 Å². The van der Waals surface area contributed by atoms with Crippen LogP contribution in [0.1, 0.15) is 25.7 Å². The Bertz CT molecular complexity index is 392. The van der Waals surface area contributed by atoms with Crippen LogP contribution in [0.15, 0.2) is 0 Å². The molecule has 2 unspecified atom stereocenters. The Kier molecular flexibility index (Phi) is 28.9. The molecular weight excluding hydrogens is 401 g/mol. The van der Waals surface area contributed by atoms with Gasteiger partial charge >= 0.3 is 35.5 Å². The largest absolute Gasteiger partial charge is 1.00 e. The number of rotatable bonds is 8. The second-order valence-corrected chi connectivity index (χ2v) is 7.97. The Morgan fingerprint density at radius 3 is 1.60 bits per heavy atom. The van der Waals surface area contributed by atoms with Gasteiger partial charge in [0.2, 0.25) is 0 Å². The fourth-order valence-corrected chi connectivity index (χ4v) is 3.22. The molecule has 0 spiro atoms. The summed E-state index contributed by atoms with van der Waals surface area (Å²) in [4.78, 5) is 47.9.